The van der Waals surface area contributed by atoms with E-state index in [1.165, 1.54) is 5.01 Å². The molecule has 3 rings (SSSR count). The summed E-state index contributed by atoms with van der Waals surface area (Å²) in [6.07, 6.45) is 3.89. The van der Waals surface area contributed by atoms with E-state index in [1.54, 1.807) is 41.9 Å². The number of hydrogen-bond donors (Lipinski definition) is 2. The molecular weight excluding hydrogens is 536 g/mol. The number of nitrogens with one attached hydrogen (secondary N) is 1. The summed E-state index contributed by atoms with van der Waals surface area (Å²) in [4.78, 5) is 67.2. The predicted octanol–water partition coefficient (Wildman–Crippen LogP) is 4.31. The molecule has 2 aromatic rings. The summed E-state index contributed by atoms with van der Waals surface area (Å²) in [5.41, 5.74) is 3.10. The highest BCUT2D eigenvalue weighted by atomic mass is 16.5. The van der Waals surface area contributed by atoms with Crippen LogP contribution in [-0.4, -0.2) is 68.8 Å². The summed E-state index contributed by atoms with van der Waals surface area (Å²) in [6.45, 7) is 7.61. The highest BCUT2D eigenvalue weighted by molar-refractivity contribution is 6.21. The van der Waals surface area contributed by atoms with Crippen molar-refractivity contribution in [3.05, 3.63) is 77.4 Å². The van der Waals surface area contributed by atoms with Gasteiger partial charge < -0.3 is 0 Å². The molecule has 10 nitrogen and oxygen atoms in total. The molecule has 0 aromatic heterocycles. The zero-order valence-corrected chi connectivity index (χ0v) is 24.7. The van der Waals surface area contributed by atoms with Crippen LogP contribution < -0.4 is 5.48 Å². The van der Waals surface area contributed by atoms with Crippen LogP contribution >= 0.6 is 0 Å². The van der Waals surface area contributed by atoms with Gasteiger partial charge in [-0.2, -0.15) is 0 Å². The number of fused-ring (bicyclic) bond motifs is 1. The van der Waals surface area contributed by atoms with E-state index in [2.05, 4.69) is 0 Å². The van der Waals surface area contributed by atoms with Gasteiger partial charge in [0.25, 0.3) is 17.7 Å². The van der Waals surface area contributed by atoms with Crippen LogP contribution in [0.15, 0.2) is 60.7 Å². The van der Waals surface area contributed by atoms with E-state index in [0.717, 1.165) is 15.5 Å². The number of benzene rings is 2. The zero-order chi connectivity index (χ0) is 30.8. The van der Waals surface area contributed by atoms with Crippen LogP contribution in [0.1, 0.15) is 79.7 Å². The maximum absolute atomic E-state index is 13.8. The van der Waals surface area contributed by atoms with E-state index in [9.17, 15) is 29.2 Å². The van der Waals surface area contributed by atoms with Gasteiger partial charge in [-0.25, -0.2) is 10.5 Å². The van der Waals surface area contributed by atoms with E-state index in [-0.39, 0.29) is 55.3 Å². The molecule has 0 radical (unpaired) electrons. The van der Waals surface area contributed by atoms with Gasteiger partial charge >= 0.3 is 0 Å². The number of hydrogen-bond acceptors (Lipinski definition) is 6. The maximum atomic E-state index is 13.8. The average Bonchev–Trinajstić information content (AvgIpc) is 3.22. The molecule has 5 amide bonds. The first-order valence-corrected chi connectivity index (χ1v) is 14.3. The highest BCUT2D eigenvalue weighted by Crippen LogP contribution is 2.24. The summed E-state index contributed by atoms with van der Waals surface area (Å²) >= 11 is 0. The molecule has 2 aromatic carbocycles. The molecule has 0 saturated carbocycles. The summed E-state index contributed by atoms with van der Waals surface area (Å²) in [7, 11) is 0. The monoisotopic (exact) mass is 576 g/mol. The quantitative estimate of drug-likeness (QED) is 0.208. The molecule has 224 valence electrons. The number of carbonyl (C=O) groups excluding carboxylic acids is 5. The molecular formula is C32H40N4O6. The molecule has 0 bridgehead atoms. The second-order valence-electron chi connectivity index (χ2n) is 11.1. The standard InChI is InChI=1S/C32H40N4O6/c1-22(2)17-18-29(38)36(27(30(39)33-42)16-10-13-24-11-6-5-7-12-24)35(21-23(3)4)28(37)19-20-34-31(40)25-14-8-9-15-26(25)32(34)41/h5-15,22-23,27,42H,16-21H2,1-4H3,(H,33,39)/t27-/m0/s1. The molecule has 10 heteroatoms. The van der Waals surface area contributed by atoms with Gasteiger partial charge in [-0.1, -0.05) is 82.3 Å². The van der Waals surface area contributed by atoms with Crippen molar-refractivity contribution in [2.45, 2.75) is 59.4 Å². The van der Waals surface area contributed by atoms with Gasteiger partial charge in [-0.05, 0) is 42.4 Å². The molecule has 1 atom stereocenters. The summed E-state index contributed by atoms with van der Waals surface area (Å²) < 4.78 is 0. The van der Waals surface area contributed by atoms with Crippen molar-refractivity contribution < 1.29 is 29.2 Å². The number of amides is 5. The minimum absolute atomic E-state index is 0.0228. The summed E-state index contributed by atoms with van der Waals surface area (Å²) in [5, 5.41) is 12.0. The minimum atomic E-state index is -1.23. The van der Waals surface area contributed by atoms with Crippen LogP contribution in [0.5, 0.6) is 0 Å². The Hall–Kier alpha value is -4.31. The summed E-state index contributed by atoms with van der Waals surface area (Å²) in [6, 6.07) is 14.6. The van der Waals surface area contributed by atoms with Crippen molar-refractivity contribution in [1.29, 1.82) is 0 Å². The van der Waals surface area contributed by atoms with Crippen LogP contribution in [0.4, 0.5) is 0 Å². The van der Waals surface area contributed by atoms with Crippen molar-refractivity contribution in [2.75, 3.05) is 13.1 Å². The second-order valence-corrected chi connectivity index (χ2v) is 11.1. The van der Waals surface area contributed by atoms with Gasteiger partial charge in [0, 0.05) is 25.9 Å². The first-order chi connectivity index (χ1) is 20.0. The molecule has 0 spiro atoms. The van der Waals surface area contributed by atoms with E-state index in [4.69, 9.17) is 0 Å². The number of hydrazine groups is 1. The number of hydroxylamine groups is 1. The van der Waals surface area contributed by atoms with Crippen LogP contribution in [0.2, 0.25) is 0 Å². The van der Waals surface area contributed by atoms with E-state index in [0.29, 0.717) is 6.42 Å². The Morgan fingerprint density at radius 1 is 0.857 bits per heavy atom. The number of carbonyl (C=O) groups is 5. The van der Waals surface area contributed by atoms with Gasteiger partial charge in [-0.15, -0.1) is 0 Å². The maximum Gasteiger partial charge on any atom is 0.268 e. The first kappa shape index (κ1) is 32.2. The Kier molecular flexibility index (Phi) is 11.6. The fraction of sp³-hybridized carbons (Fsp3) is 0.406. The van der Waals surface area contributed by atoms with Gasteiger partial charge in [0.2, 0.25) is 11.8 Å². The lowest BCUT2D eigenvalue weighted by Gasteiger charge is -2.40. The highest BCUT2D eigenvalue weighted by Gasteiger charge is 2.38. The Balaban J connectivity index is 1.91. The Morgan fingerprint density at radius 2 is 1.45 bits per heavy atom. The molecule has 0 aliphatic carbocycles. The summed E-state index contributed by atoms with van der Waals surface area (Å²) in [5.74, 6) is -2.67. The third-order valence-corrected chi connectivity index (χ3v) is 6.88. The number of nitrogens with zero attached hydrogens (tertiary/aromatic N) is 3. The lowest BCUT2D eigenvalue weighted by atomic mass is 10.1. The third kappa shape index (κ3) is 8.13. The number of imide groups is 1. The molecule has 2 N–H and O–H groups in total. The van der Waals surface area contributed by atoms with Gasteiger partial charge in [0.05, 0.1) is 11.1 Å². The van der Waals surface area contributed by atoms with Crippen molar-refractivity contribution in [3.63, 3.8) is 0 Å². The molecule has 1 aliphatic heterocycles. The Morgan fingerprint density at radius 3 is 2.00 bits per heavy atom. The smallest absolute Gasteiger partial charge is 0.268 e. The second kappa shape index (κ2) is 15.1. The van der Waals surface area contributed by atoms with Gasteiger partial charge in [-0.3, -0.25) is 39.1 Å². The Labute approximate surface area is 246 Å². The average molecular weight is 577 g/mol. The molecule has 0 fully saturated rings. The van der Waals surface area contributed by atoms with E-state index in [1.807, 2.05) is 58.0 Å². The van der Waals surface area contributed by atoms with Gasteiger partial charge in [0.1, 0.15) is 6.04 Å². The predicted molar refractivity (Wildman–Crippen MR) is 158 cm³/mol. The van der Waals surface area contributed by atoms with Gasteiger partial charge in [0.15, 0.2) is 0 Å². The number of rotatable bonds is 13. The topological polar surface area (TPSA) is 127 Å². The van der Waals surface area contributed by atoms with Crippen molar-refractivity contribution in [2.24, 2.45) is 11.8 Å². The normalized spacial score (nSPS) is 13.5. The SMILES string of the molecule is CC(C)CCC(=O)N([C@@H](CC=Cc1ccccc1)C(=O)NO)N(CC(C)C)C(=O)CCN1C(=O)c2ccccc2C1=O. The molecule has 0 saturated heterocycles. The van der Waals surface area contributed by atoms with Crippen molar-refractivity contribution >= 4 is 35.6 Å². The van der Waals surface area contributed by atoms with Crippen LogP contribution in [-0.2, 0) is 14.4 Å². The van der Waals surface area contributed by atoms with Crippen LogP contribution in [0, 0.1) is 11.8 Å². The fourth-order valence-corrected chi connectivity index (χ4v) is 4.73. The largest absolute Gasteiger partial charge is 0.289 e. The molecule has 0 unspecified atom stereocenters. The van der Waals surface area contributed by atoms with Crippen LogP contribution in [0.3, 0.4) is 0 Å². The first-order valence-electron chi connectivity index (χ1n) is 14.3. The van der Waals surface area contributed by atoms with E-state index < -0.39 is 35.6 Å². The zero-order valence-electron chi connectivity index (χ0n) is 24.7. The molecule has 1 aliphatic rings. The molecule has 1 heterocycles. The third-order valence-electron chi connectivity index (χ3n) is 6.88. The Bertz CT molecular complexity index is 1270. The molecule has 42 heavy (non-hydrogen) atoms. The minimum Gasteiger partial charge on any atom is -0.289 e. The van der Waals surface area contributed by atoms with Crippen LogP contribution in [0.25, 0.3) is 6.08 Å². The van der Waals surface area contributed by atoms with E-state index >= 15 is 0 Å². The lowest BCUT2D eigenvalue weighted by Crippen LogP contribution is -2.59. The van der Waals surface area contributed by atoms with Crippen molar-refractivity contribution in [3.8, 4) is 0 Å². The lowest BCUT2D eigenvalue weighted by molar-refractivity contribution is -0.175. The fourth-order valence-electron chi connectivity index (χ4n) is 4.73. The van der Waals surface area contributed by atoms with Crippen molar-refractivity contribution in [1.82, 2.24) is 20.4 Å².